The number of rotatable bonds is 5. The molecule has 3 rings (SSSR count). The van der Waals surface area contributed by atoms with E-state index >= 15 is 0 Å². The van der Waals surface area contributed by atoms with Crippen LogP contribution in [-0.2, 0) is 0 Å². The summed E-state index contributed by atoms with van der Waals surface area (Å²) in [5.41, 5.74) is 4.37. The third-order valence-electron chi connectivity index (χ3n) is 3.63. The molecule has 0 unspecified atom stereocenters. The Hall–Kier alpha value is -2.92. The summed E-state index contributed by atoms with van der Waals surface area (Å²) in [5.74, 6) is -1.15. The highest BCUT2D eigenvalue weighted by atomic mass is 32.2. The van der Waals surface area contributed by atoms with Gasteiger partial charge in [-0.05, 0) is 48.9 Å². The minimum atomic E-state index is -0.578. The van der Waals surface area contributed by atoms with Crippen LogP contribution in [0.1, 0.15) is 21.5 Å². The molecule has 0 aromatic heterocycles. The average molecular weight is 364 g/mol. The highest BCUT2D eigenvalue weighted by Crippen LogP contribution is 2.27. The molecule has 3 nitrogen and oxygen atoms in total. The molecule has 0 saturated carbocycles. The minimum Gasteiger partial charge on any atom is -0.267 e. The topological polar surface area (TPSA) is 41.5 Å². The number of hydrogen-bond donors (Lipinski definition) is 1. The number of carbonyl (C=O) groups is 1. The maximum atomic E-state index is 13.5. The number of carbonyl (C=O) groups excluding carboxylic acids is 1. The molecule has 0 saturated heterocycles. The molecule has 0 heterocycles. The molecule has 26 heavy (non-hydrogen) atoms. The van der Waals surface area contributed by atoms with Crippen molar-refractivity contribution < 1.29 is 9.18 Å². The van der Waals surface area contributed by atoms with Gasteiger partial charge < -0.3 is 0 Å². The molecule has 5 heteroatoms. The number of hydrogen-bond acceptors (Lipinski definition) is 3. The molecule has 0 spiro atoms. The third kappa shape index (κ3) is 4.80. The number of nitrogens with one attached hydrogen (secondary N) is 1. The van der Waals surface area contributed by atoms with Crippen LogP contribution in [0, 0.1) is 12.7 Å². The van der Waals surface area contributed by atoms with Crippen molar-refractivity contribution in [3.8, 4) is 0 Å². The molecule has 1 N–H and O–H groups in total. The van der Waals surface area contributed by atoms with E-state index in [9.17, 15) is 9.18 Å². The van der Waals surface area contributed by atoms with Crippen LogP contribution in [0.25, 0.3) is 0 Å². The first-order valence-electron chi connectivity index (χ1n) is 8.04. The van der Waals surface area contributed by atoms with Crippen molar-refractivity contribution in [2.24, 2.45) is 5.10 Å². The van der Waals surface area contributed by atoms with E-state index in [1.54, 1.807) is 17.8 Å². The predicted molar refractivity (Wildman–Crippen MR) is 103 cm³/mol. The van der Waals surface area contributed by atoms with E-state index in [1.165, 1.54) is 34.9 Å². The number of hydrazone groups is 1. The lowest BCUT2D eigenvalue weighted by Crippen LogP contribution is -2.18. The van der Waals surface area contributed by atoms with Crippen molar-refractivity contribution in [1.82, 2.24) is 5.43 Å². The van der Waals surface area contributed by atoms with Crippen LogP contribution in [0.2, 0.25) is 0 Å². The molecule has 0 atom stereocenters. The molecule has 0 aliphatic heterocycles. The Bertz CT molecular complexity index is 922. The van der Waals surface area contributed by atoms with E-state index < -0.39 is 11.7 Å². The summed E-state index contributed by atoms with van der Waals surface area (Å²) in [6.45, 7) is 2.06. The molecular weight excluding hydrogens is 347 g/mol. The smallest absolute Gasteiger partial charge is 0.267 e. The van der Waals surface area contributed by atoms with Gasteiger partial charge in [0.15, 0.2) is 0 Å². The zero-order valence-electron chi connectivity index (χ0n) is 14.1. The van der Waals surface area contributed by atoms with Crippen molar-refractivity contribution in [1.29, 1.82) is 0 Å². The number of aryl methyl sites for hydroxylation is 1. The van der Waals surface area contributed by atoms with Gasteiger partial charge in [-0.25, -0.2) is 9.82 Å². The van der Waals surface area contributed by atoms with E-state index in [-0.39, 0.29) is 5.56 Å². The lowest BCUT2D eigenvalue weighted by Gasteiger charge is -2.03. The van der Waals surface area contributed by atoms with Gasteiger partial charge in [0.25, 0.3) is 5.91 Å². The largest absolute Gasteiger partial charge is 0.274 e. The second-order valence-electron chi connectivity index (χ2n) is 5.66. The fourth-order valence-electron chi connectivity index (χ4n) is 2.24. The summed E-state index contributed by atoms with van der Waals surface area (Å²) in [6.07, 6.45) is 1.53. The van der Waals surface area contributed by atoms with Gasteiger partial charge in [-0.1, -0.05) is 53.7 Å². The van der Waals surface area contributed by atoms with Crippen molar-refractivity contribution in [3.63, 3.8) is 0 Å². The van der Waals surface area contributed by atoms with E-state index in [0.29, 0.717) is 0 Å². The van der Waals surface area contributed by atoms with Crippen LogP contribution in [-0.4, -0.2) is 12.1 Å². The van der Waals surface area contributed by atoms with Crippen molar-refractivity contribution in [2.75, 3.05) is 0 Å². The van der Waals surface area contributed by atoms with Crippen LogP contribution in [0.4, 0.5) is 4.39 Å². The maximum Gasteiger partial charge on any atom is 0.274 e. The predicted octanol–water partition coefficient (Wildman–Crippen LogP) is 5.05. The quantitative estimate of drug-likeness (QED) is 0.508. The summed E-state index contributed by atoms with van der Waals surface area (Å²) in [5, 5.41) is 3.88. The zero-order chi connectivity index (χ0) is 18.4. The summed E-state index contributed by atoms with van der Waals surface area (Å²) in [4.78, 5) is 14.2. The molecule has 1 amide bonds. The van der Waals surface area contributed by atoms with Gasteiger partial charge in [0.1, 0.15) is 5.82 Å². The molecule has 0 bridgehead atoms. The molecule has 0 radical (unpaired) electrons. The maximum absolute atomic E-state index is 13.5. The Morgan fingerprint density at radius 2 is 1.58 bits per heavy atom. The molecular formula is C21H17FN2OS. The zero-order valence-corrected chi connectivity index (χ0v) is 15.0. The van der Waals surface area contributed by atoms with Gasteiger partial charge >= 0.3 is 0 Å². The Labute approximate surface area is 156 Å². The SMILES string of the molecule is Cc1ccc(Sc2ccc(/C=N\NC(=O)c3ccccc3F)cc2)cc1. The fraction of sp³-hybridized carbons (Fsp3) is 0.0476. The summed E-state index contributed by atoms with van der Waals surface area (Å²) in [7, 11) is 0. The van der Waals surface area contributed by atoms with E-state index in [0.717, 1.165) is 10.5 Å². The van der Waals surface area contributed by atoms with Crippen LogP contribution in [0.15, 0.2) is 87.7 Å². The van der Waals surface area contributed by atoms with Gasteiger partial charge in [0.05, 0.1) is 11.8 Å². The summed E-state index contributed by atoms with van der Waals surface area (Å²) in [6, 6.07) is 21.9. The van der Waals surface area contributed by atoms with Crippen LogP contribution in [0.3, 0.4) is 0 Å². The van der Waals surface area contributed by atoms with Crippen LogP contribution < -0.4 is 5.43 Å². The normalized spacial score (nSPS) is 10.8. The van der Waals surface area contributed by atoms with Gasteiger partial charge in [0.2, 0.25) is 0 Å². The molecule has 3 aromatic rings. The Morgan fingerprint density at radius 1 is 0.962 bits per heavy atom. The molecule has 0 aliphatic rings. The first-order valence-corrected chi connectivity index (χ1v) is 8.86. The second-order valence-corrected chi connectivity index (χ2v) is 6.81. The Morgan fingerprint density at radius 3 is 2.23 bits per heavy atom. The monoisotopic (exact) mass is 364 g/mol. The van der Waals surface area contributed by atoms with Gasteiger partial charge in [0, 0.05) is 9.79 Å². The minimum absolute atomic E-state index is 0.0329. The van der Waals surface area contributed by atoms with E-state index in [4.69, 9.17) is 0 Å². The Kier molecular flexibility index (Phi) is 5.81. The molecule has 0 fully saturated rings. The molecule has 0 aliphatic carbocycles. The molecule has 130 valence electrons. The molecule has 3 aromatic carbocycles. The second kappa shape index (κ2) is 8.45. The standard InChI is InChI=1S/C21H17FN2OS/c1-15-6-10-17(11-7-15)26-18-12-8-16(9-13-18)14-23-24-21(25)19-4-2-3-5-20(19)22/h2-14H,1H3,(H,24,25)/b23-14-. The summed E-state index contributed by atoms with van der Waals surface area (Å²) < 4.78 is 13.5. The van der Waals surface area contributed by atoms with Crippen molar-refractivity contribution >= 4 is 23.9 Å². The number of nitrogens with zero attached hydrogens (tertiary/aromatic N) is 1. The highest BCUT2D eigenvalue weighted by molar-refractivity contribution is 7.99. The third-order valence-corrected chi connectivity index (χ3v) is 4.65. The summed E-state index contributed by atoms with van der Waals surface area (Å²) >= 11 is 1.68. The first kappa shape index (κ1) is 17.9. The lowest BCUT2D eigenvalue weighted by molar-refractivity contribution is 0.0951. The van der Waals surface area contributed by atoms with Gasteiger partial charge in [-0.3, -0.25) is 4.79 Å². The van der Waals surface area contributed by atoms with Crippen molar-refractivity contribution in [3.05, 3.63) is 95.3 Å². The van der Waals surface area contributed by atoms with Gasteiger partial charge in [-0.2, -0.15) is 5.10 Å². The van der Waals surface area contributed by atoms with Crippen molar-refractivity contribution in [2.45, 2.75) is 16.7 Å². The fourth-order valence-corrected chi connectivity index (χ4v) is 3.05. The van der Waals surface area contributed by atoms with Crippen LogP contribution in [0.5, 0.6) is 0 Å². The number of benzene rings is 3. The number of halogens is 1. The Balaban J connectivity index is 1.58. The van der Waals surface area contributed by atoms with E-state index in [1.807, 2.05) is 24.3 Å². The average Bonchev–Trinajstić information content (AvgIpc) is 2.65. The lowest BCUT2D eigenvalue weighted by atomic mass is 10.2. The van der Waals surface area contributed by atoms with Gasteiger partial charge in [-0.15, -0.1) is 0 Å². The first-order chi connectivity index (χ1) is 12.6. The van der Waals surface area contributed by atoms with E-state index in [2.05, 4.69) is 41.7 Å². The highest BCUT2D eigenvalue weighted by Gasteiger charge is 2.09. The van der Waals surface area contributed by atoms with Crippen LogP contribution >= 0.6 is 11.8 Å². The number of amides is 1.